The topological polar surface area (TPSA) is 98.1 Å². The molecule has 1 saturated heterocycles. The van der Waals surface area contributed by atoms with Crippen molar-refractivity contribution < 1.29 is 4.63 Å². The van der Waals surface area contributed by atoms with Crippen molar-refractivity contribution in [3.8, 4) is 5.82 Å². The van der Waals surface area contributed by atoms with Crippen LogP contribution in [0.25, 0.3) is 5.82 Å². The molecule has 1 fully saturated rings. The maximum atomic E-state index is 12.2. The first-order valence-corrected chi connectivity index (χ1v) is 9.41. The van der Waals surface area contributed by atoms with Crippen LogP contribution >= 0.6 is 0 Å². The van der Waals surface area contributed by atoms with E-state index in [2.05, 4.69) is 34.9 Å². The molecule has 148 valence electrons. The Morgan fingerprint density at radius 3 is 2.50 bits per heavy atom. The Kier molecular flexibility index (Phi) is 5.31. The van der Waals surface area contributed by atoms with Gasteiger partial charge in [0.05, 0.1) is 18.4 Å². The molecule has 0 aliphatic carbocycles. The summed E-state index contributed by atoms with van der Waals surface area (Å²) >= 11 is 0. The first-order chi connectivity index (χ1) is 13.6. The summed E-state index contributed by atoms with van der Waals surface area (Å²) < 4.78 is 7.94. The average molecular weight is 384 g/mol. The van der Waals surface area contributed by atoms with E-state index in [1.807, 2.05) is 19.9 Å². The third-order valence-electron chi connectivity index (χ3n) is 4.96. The van der Waals surface area contributed by atoms with E-state index in [4.69, 9.17) is 0 Å². The van der Waals surface area contributed by atoms with E-state index < -0.39 is 0 Å². The molecule has 3 aromatic rings. The van der Waals surface area contributed by atoms with E-state index in [1.54, 1.807) is 23.0 Å². The summed E-state index contributed by atoms with van der Waals surface area (Å²) in [4.78, 5) is 16.9. The normalized spacial score (nSPS) is 15.9. The Bertz CT molecular complexity index is 970. The Morgan fingerprint density at radius 1 is 1.04 bits per heavy atom. The number of piperazine rings is 1. The predicted octanol–water partition coefficient (Wildman–Crippen LogP) is 0.247. The van der Waals surface area contributed by atoms with Crippen LogP contribution in [0.3, 0.4) is 0 Å². The molecule has 3 aromatic heterocycles. The minimum absolute atomic E-state index is 0.0950. The van der Waals surface area contributed by atoms with Crippen molar-refractivity contribution in [3.63, 3.8) is 0 Å². The summed E-state index contributed by atoms with van der Waals surface area (Å²) in [6, 6.07) is 5.27. The number of nitrogens with zero attached hydrogens (tertiary/aromatic N) is 8. The van der Waals surface area contributed by atoms with Gasteiger partial charge in [-0.15, -0.1) is 5.10 Å². The van der Waals surface area contributed by atoms with Gasteiger partial charge in [-0.05, 0) is 26.0 Å². The van der Waals surface area contributed by atoms with E-state index >= 15 is 0 Å². The molecule has 0 radical (unpaired) electrons. The first-order valence-electron chi connectivity index (χ1n) is 9.41. The van der Waals surface area contributed by atoms with Gasteiger partial charge in [0.25, 0.3) is 5.56 Å². The van der Waals surface area contributed by atoms with Crippen LogP contribution in [0.2, 0.25) is 0 Å². The van der Waals surface area contributed by atoms with Crippen LogP contribution < -0.4 is 5.56 Å². The summed E-state index contributed by atoms with van der Waals surface area (Å²) in [5.41, 5.74) is 2.68. The molecule has 0 unspecified atom stereocenters. The van der Waals surface area contributed by atoms with Gasteiger partial charge in [0.2, 0.25) is 0 Å². The molecular formula is C18H24N8O2. The van der Waals surface area contributed by atoms with Crippen molar-refractivity contribution in [2.75, 3.05) is 32.7 Å². The second kappa shape index (κ2) is 8.03. The van der Waals surface area contributed by atoms with Crippen molar-refractivity contribution in [1.29, 1.82) is 0 Å². The molecule has 0 N–H and O–H groups in total. The van der Waals surface area contributed by atoms with Gasteiger partial charge < -0.3 is 0 Å². The monoisotopic (exact) mass is 384 g/mol. The fourth-order valence-corrected chi connectivity index (χ4v) is 3.46. The van der Waals surface area contributed by atoms with Gasteiger partial charge >= 0.3 is 0 Å². The molecule has 0 aromatic carbocycles. The lowest BCUT2D eigenvalue weighted by Gasteiger charge is -2.34. The van der Waals surface area contributed by atoms with Crippen molar-refractivity contribution in [3.05, 3.63) is 51.8 Å². The lowest BCUT2D eigenvalue weighted by Crippen LogP contribution is -2.47. The largest absolute Gasteiger partial charge is 0.299 e. The summed E-state index contributed by atoms with van der Waals surface area (Å²) in [6.07, 6.45) is 1.65. The molecule has 0 atom stereocenters. The quantitative estimate of drug-likeness (QED) is 0.596. The molecule has 0 spiro atoms. The first kappa shape index (κ1) is 18.5. The predicted molar refractivity (Wildman–Crippen MR) is 101 cm³/mol. The SMILES string of the molecule is Cc1cc(C)n(-c2ccc(=O)n(CCN3CCN(Cc4cnon4)CC3)n2)n1. The van der Waals surface area contributed by atoms with E-state index in [0.29, 0.717) is 12.4 Å². The maximum Gasteiger partial charge on any atom is 0.266 e. The number of rotatable bonds is 6. The molecule has 10 nitrogen and oxygen atoms in total. The van der Waals surface area contributed by atoms with Gasteiger partial charge in [0.1, 0.15) is 5.69 Å². The number of aryl methyl sites for hydroxylation is 2. The van der Waals surface area contributed by atoms with Crippen LogP contribution in [0.5, 0.6) is 0 Å². The van der Waals surface area contributed by atoms with Crippen molar-refractivity contribution in [1.82, 2.24) is 39.7 Å². The van der Waals surface area contributed by atoms with Crippen LogP contribution in [0.1, 0.15) is 17.1 Å². The highest BCUT2D eigenvalue weighted by Gasteiger charge is 2.18. The minimum atomic E-state index is -0.0950. The van der Waals surface area contributed by atoms with Gasteiger partial charge in [0.15, 0.2) is 5.82 Å². The third-order valence-corrected chi connectivity index (χ3v) is 4.96. The van der Waals surface area contributed by atoms with E-state index in [1.165, 1.54) is 4.68 Å². The fraction of sp³-hybridized carbons (Fsp3) is 0.500. The molecule has 1 aliphatic rings. The molecule has 10 heteroatoms. The maximum absolute atomic E-state index is 12.2. The lowest BCUT2D eigenvalue weighted by molar-refractivity contribution is 0.120. The molecule has 28 heavy (non-hydrogen) atoms. The summed E-state index contributed by atoms with van der Waals surface area (Å²) in [7, 11) is 0. The Labute approximate surface area is 162 Å². The number of hydrogen-bond acceptors (Lipinski definition) is 8. The van der Waals surface area contributed by atoms with E-state index in [0.717, 1.165) is 56.4 Å². The second-order valence-corrected chi connectivity index (χ2v) is 7.11. The molecule has 0 bridgehead atoms. The van der Waals surface area contributed by atoms with E-state index in [-0.39, 0.29) is 5.56 Å². The van der Waals surface area contributed by atoms with Crippen molar-refractivity contribution in [2.45, 2.75) is 26.9 Å². The van der Waals surface area contributed by atoms with Gasteiger partial charge in [-0.1, -0.05) is 10.3 Å². The Balaban J connectivity index is 1.34. The molecule has 4 rings (SSSR count). The molecule has 1 aliphatic heterocycles. The average Bonchev–Trinajstić information content (AvgIpc) is 3.31. The summed E-state index contributed by atoms with van der Waals surface area (Å²) in [6.45, 7) is 9.79. The smallest absolute Gasteiger partial charge is 0.266 e. The highest BCUT2D eigenvalue weighted by atomic mass is 16.6. The van der Waals surface area contributed by atoms with Crippen LogP contribution in [0.15, 0.2) is 33.8 Å². The molecule has 4 heterocycles. The molecular weight excluding hydrogens is 360 g/mol. The highest BCUT2D eigenvalue weighted by molar-refractivity contribution is 5.23. The summed E-state index contributed by atoms with van der Waals surface area (Å²) in [5, 5.41) is 16.5. The van der Waals surface area contributed by atoms with Crippen LogP contribution in [0, 0.1) is 13.8 Å². The molecule has 0 saturated carbocycles. The van der Waals surface area contributed by atoms with Gasteiger partial charge in [-0.2, -0.15) is 5.10 Å². The van der Waals surface area contributed by atoms with Crippen LogP contribution in [0.4, 0.5) is 0 Å². The van der Waals surface area contributed by atoms with Gasteiger partial charge in [-0.25, -0.2) is 14.0 Å². The number of hydrogen-bond donors (Lipinski definition) is 0. The molecule has 0 amide bonds. The van der Waals surface area contributed by atoms with Gasteiger partial charge in [-0.3, -0.25) is 14.6 Å². The second-order valence-electron chi connectivity index (χ2n) is 7.11. The van der Waals surface area contributed by atoms with Crippen LogP contribution in [-0.2, 0) is 13.1 Å². The zero-order chi connectivity index (χ0) is 19.5. The van der Waals surface area contributed by atoms with Crippen molar-refractivity contribution in [2.24, 2.45) is 0 Å². The Hall–Kier alpha value is -2.85. The minimum Gasteiger partial charge on any atom is -0.299 e. The number of aromatic nitrogens is 6. The Morgan fingerprint density at radius 2 is 1.82 bits per heavy atom. The zero-order valence-corrected chi connectivity index (χ0v) is 16.2. The van der Waals surface area contributed by atoms with E-state index in [9.17, 15) is 4.79 Å². The van der Waals surface area contributed by atoms with Gasteiger partial charge in [0, 0.05) is 51.0 Å². The summed E-state index contributed by atoms with van der Waals surface area (Å²) in [5.74, 6) is 0.663. The zero-order valence-electron chi connectivity index (χ0n) is 16.2. The van der Waals surface area contributed by atoms with Crippen LogP contribution in [-0.4, -0.2) is 72.4 Å². The van der Waals surface area contributed by atoms with Crippen molar-refractivity contribution >= 4 is 0 Å². The fourth-order valence-electron chi connectivity index (χ4n) is 3.46. The standard InChI is InChI=1S/C18H24N8O2/c1-14-11-15(2)26(20-14)17-3-4-18(27)25(21-17)10-9-23-5-7-24(8-6-23)13-16-12-19-28-22-16/h3-4,11-12H,5-10,13H2,1-2H3. The lowest BCUT2D eigenvalue weighted by atomic mass is 10.3. The third kappa shape index (κ3) is 4.18. The highest BCUT2D eigenvalue weighted by Crippen LogP contribution is 2.09.